The lowest BCUT2D eigenvalue weighted by Gasteiger charge is -2.11. The number of nitrogens with one attached hydrogen (secondary N) is 1. The van der Waals surface area contributed by atoms with Crippen molar-refractivity contribution in [3.63, 3.8) is 0 Å². The van der Waals surface area contributed by atoms with E-state index in [0.717, 1.165) is 63.9 Å². The Kier molecular flexibility index (Phi) is 21.6. The standard InChI is InChI=1S/C16H28N4O3.C8H13F.C2H6S/c1-22-10-5-9-17-16(21)8-3-2-7-15-19-18-13-20(15)12-14-6-4-11-23-14;1-4-5-7(2)6-8(3)9;1-3-2/h13-14H,2-12H2,1H3,(H,17,21);4,6-7H,1,5H2,2-3H3;1-2H3/b;8-6+;. The first-order valence-corrected chi connectivity index (χ1v) is 14.1. The van der Waals surface area contributed by atoms with Crippen molar-refractivity contribution in [2.45, 2.75) is 77.9 Å². The van der Waals surface area contributed by atoms with Crippen molar-refractivity contribution >= 4 is 17.7 Å². The number of carbonyl (C=O) groups is 1. The third-order valence-corrected chi connectivity index (χ3v) is 5.07. The fraction of sp³-hybridized carbons (Fsp3) is 0.731. The molecule has 202 valence electrons. The van der Waals surface area contributed by atoms with Crippen LogP contribution in [-0.2, 0) is 27.2 Å². The van der Waals surface area contributed by atoms with Crippen LogP contribution >= 0.6 is 11.8 Å². The number of rotatable bonds is 14. The lowest BCUT2D eigenvalue weighted by molar-refractivity contribution is -0.121. The molecular weight excluding hydrogens is 467 g/mol. The van der Waals surface area contributed by atoms with Gasteiger partial charge in [-0.25, -0.2) is 4.39 Å². The van der Waals surface area contributed by atoms with Crippen LogP contribution in [0.25, 0.3) is 0 Å². The van der Waals surface area contributed by atoms with Gasteiger partial charge in [0.2, 0.25) is 5.91 Å². The highest BCUT2D eigenvalue weighted by molar-refractivity contribution is 7.97. The van der Waals surface area contributed by atoms with Gasteiger partial charge in [-0.2, -0.15) is 11.8 Å². The van der Waals surface area contributed by atoms with E-state index in [4.69, 9.17) is 9.47 Å². The van der Waals surface area contributed by atoms with Gasteiger partial charge in [0.25, 0.3) is 0 Å². The number of nitrogens with zero attached hydrogens (tertiary/aromatic N) is 3. The van der Waals surface area contributed by atoms with Gasteiger partial charge in [-0.3, -0.25) is 4.79 Å². The van der Waals surface area contributed by atoms with Crippen LogP contribution < -0.4 is 5.32 Å². The van der Waals surface area contributed by atoms with Crippen molar-refractivity contribution in [2.24, 2.45) is 5.92 Å². The summed E-state index contributed by atoms with van der Waals surface area (Å²) in [5.74, 6) is 1.28. The second kappa shape index (κ2) is 22.7. The maximum Gasteiger partial charge on any atom is 0.219 e. The Bertz CT molecular complexity index is 690. The van der Waals surface area contributed by atoms with Crippen LogP contribution in [0.2, 0.25) is 0 Å². The highest BCUT2D eigenvalue weighted by atomic mass is 32.2. The van der Waals surface area contributed by atoms with Crippen molar-refractivity contribution in [3.05, 3.63) is 36.7 Å². The van der Waals surface area contributed by atoms with E-state index < -0.39 is 0 Å². The number of methoxy groups -OCH3 is 1. The molecule has 0 saturated carbocycles. The Labute approximate surface area is 216 Å². The molecule has 1 N–H and O–H groups in total. The molecule has 2 unspecified atom stereocenters. The smallest absolute Gasteiger partial charge is 0.219 e. The second-order valence-corrected chi connectivity index (χ2v) is 9.42. The van der Waals surface area contributed by atoms with Gasteiger partial charge in [0.05, 0.1) is 18.5 Å². The van der Waals surface area contributed by atoms with Gasteiger partial charge in [0, 0.05) is 39.7 Å². The first-order chi connectivity index (χ1) is 16.9. The molecule has 7 nitrogen and oxygen atoms in total. The van der Waals surface area contributed by atoms with Crippen molar-refractivity contribution in [1.82, 2.24) is 20.1 Å². The number of halogens is 1. The molecule has 0 radical (unpaired) electrons. The molecule has 9 heteroatoms. The molecule has 1 aliphatic heterocycles. The van der Waals surface area contributed by atoms with Crippen LogP contribution in [-0.4, -0.2) is 66.2 Å². The van der Waals surface area contributed by atoms with Crippen molar-refractivity contribution in [3.8, 4) is 0 Å². The summed E-state index contributed by atoms with van der Waals surface area (Å²) < 4.78 is 24.8. The summed E-state index contributed by atoms with van der Waals surface area (Å²) >= 11 is 1.75. The zero-order valence-electron chi connectivity index (χ0n) is 22.4. The van der Waals surface area contributed by atoms with Gasteiger partial charge < -0.3 is 19.4 Å². The Morgan fingerprint density at radius 1 is 1.43 bits per heavy atom. The van der Waals surface area contributed by atoms with Gasteiger partial charge in [0.15, 0.2) is 0 Å². The normalized spacial score (nSPS) is 15.9. The molecule has 2 atom stereocenters. The van der Waals surface area contributed by atoms with Gasteiger partial charge in [-0.15, -0.1) is 16.8 Å². The molecule has 1 aliphatic rings. The van der Waals surface area contributed by atoms with Crippen LogP contribution in [0.15, 0.2) is 30.9 Å². The van der Waals surface area contributed by atoms with E-state index >= 15 is 0 Å². The first kappa shape index (κ1) is 33.3. The summed E-state index contributed by atoms with van der Waals surface area (Å²) in [5, 5.41) is 11.1. The lowest BCUT2D eigenvalue weighted by Crippen LogP contribution is -2.24. The fourth-order valence-corrected chi connectivity index (χ4v) is 3.46. The Morgan fingerprint density at radius 3 is 2.77 bits per heavy atom. The topological polar surface area (TPSA) is 78.3 Å². The van der Waals surface area contributed by atoms with Crippen LogP contribution in [0.3, 0.4) is 0 Å². The van der Waals surface area contributed by atoms with Gasteiger partial charge in [0.1, 0.15) is 12.2 Å². The Hall–Kier alpha value is -1.71. The predicted octanol–water partition coefficient (Wildman–Crippen LogP) is 5.37. The third-order valence-electron chi connectivity index (χ3n) is 5.07. The lowest BCUT2D eigenvalue weighted by atomic mass is 10.1. The SMILES string of the molecule is C=CCC(C)/C=C(\C)F.COCCCNC(=O)CCCCc1nncn1CC1CCCO1.CSC. The van der Waals surface area contributed by atoms with Crippen molar-refractivity contribution < 1.29 is 18.7 Å². The molecule has 1 aromatic rings. The van der Waals surface area contributed by atoms with E-state index in [0.29, 0.717) is 25.7 Å². The maximum atomic E-state index is 12.1. The fourth-order valence-electron chi connectivity index (χ4n) is 3.46. The van der Waals surface area contributed by atoms with Crippen LogP contribution in [0.5, 0.6) is 0 Å². The van der Waals surface area contributed by atoms with E-state index in [1.807, 2.05) is 19.4 Å². The minimum atomic E-state index is -0.107. The predicted molar refractivity (Wildman–Crippen MR) is 144 cm³/mol. The Morgan fingerprint density at radius 2 is 2.17 bits per heavy atom. The molecule has 1 saturated heterocycles. The van der Waals surface area contributed by atoms with Gasteiger partial charge >= 0.3 is 0 Å². The molecule has 0 aliphatic carbocycles. The monoisotopic (exact) mass is 514 g/mol. The second-order valence-electron chi connectivity index (χ2n) is 8.60. The summed E-state index contributed by atoms with van der Waals surface area (Å²) in [7, 11) is 1.67. The van der Waals surface area contributed by atoms with E-state index in [-0.39, 0.29) is 17.7 Å². The van der Waals surface area contributed by atoms with Crippen molar-refractivity contribution in [2.75, 3.05) is 39.4 Å². The molecule has 0 spiro atoms. The molecule has 35 heavy (non-hydrogen) atoms. The molecule has 0 aromatic carbocycles. The minimum absolute atomic E-state index is 0.107. The highest BCUT2D eigenvalue weighted by Gasteiger charge is 2.17. The van der Waals surface area contributed by atoms with E-state index in [1.165, 1.54) is 6.92 Å². The van der Waals surface area contributed by atoms with E-state index in [9.17, 15) is 9.18 Å². The molecule has 0 bridgehead atoms. The molecule has 2 heterocycles. The number of allylic oxidation sites excluding steroid dienone is 3. The zero-order chi connectivity index (χ0) is 26.3. The van der Waals surface area contributed by atoms with E-state index in [2.05, 4.69) is 26.7 Å². The zero-order valence-corrected chi connectivity index (χ0v) is 23.2. The van der Waals surface area contributed by atoms with E-state index in [1.54, 1.807) is 37.4 Å². The number of aryl methyl sites for hydroxylation is 1. The largest absolute Gasteiger partial charge is 0.385 e. The first-order valence-electron chi connectivity index (χ1n) is 12.5. The van der Waals surface area contributed by atoms with Crippen molar-refractivity contribution in [1.29, 1.82) is 0 Å². The van der Waals surface area contributed by atoms with Crippen LogP contribution in [0.1, 0.15) is 64.6 Å². The Balaban J connectivity index is 0.000000806. The number of aromatic nitrogens is 3. The number of unbranched alkanes of at least 4 members (excludes halogenated alkanes) is 1. The van der Waals surface area contributed by atoms with Crippen LogP contribution in [0.4, 0.5) is 4.39 Å². The number of hydrogen-bond acceptors (Lipinski definition) is 6. The summed E-state index contributed by atoms with van der Waals surface area (Å²) in [6.45, 7) is 10.0. The number of thioether (sulfide) groups is 1. The number of ether oxygens (including phenoxy) is 2. The summed E-state index contributed by atoms with van der Waals surface area (Å²) in [4.78, 5) is 11.7. The summed E-state index contributed by atoms with van der Waals surface area (Å²) in [5.41, 5.74) is 0. The maximum absolute atomic E-state index is 12.1. The average Bonchev–Trinajstić information content (AvgIpc) is 3.48. The molecule has 1 amide bonds. The number of hydrogen-bond donors (Lipinski definition) is 1. The van der Waals surface area contributed by atoms with Gasteiger partial charge in [-0.1, -0.05) is 19.1 Å². The highest BCUT2D eigenvalue weighted by Crippen LogP contribution is 2.15. The van der Waals surface area contributed by atoms with Crippen LogP contribution in [0, 0.1) is 5.92 Å². The molecule has 1 aromatic heterocycles. The van der Waals surface area contributed by atoms with Gasteiger partial charge in [-0.05, 0) is 63.9 Å². The minimum Gasteiger partial charge on any atom is -0.385 e. The molecule has 1 fully saturated rings. The summed E-state index contributed by atoms with van der Waals surface area (Å²) in [6, 6.07) is 0. The molecular formula is C26H47FN4O3S. The number of carbonyl (C=O) groups excluding carboxylic acids is 1. The third kappa shape index (κ3) is 19.2. The summed E-state index contributed by atoms with van der Waals surface area (Å²) in [6.07, 6.45) is 16.7. The average molecular weight is 515 g/mol. The quantitative estimate of drug-likeness (QED) is 0.265. The molecule has 2 rings (SSSR count). The number of amides is 1.